The molecule has 1 N–H and O–H groups in total. The lowest BCUT2D eigenvalue weighted by Crippen LogP contribution is -2.00. The van der Waals surface area contributed by atoms with Crippen molar-refractivity contribution in [1.29, 1.82) is 0 Å². The highest BCUT2D eigenvalue weighted by Gasteiger charge is 2.20. The van der Waals surface area contributed by atoms with E-state index in [0.29, 0.717) is 16.5 Å². The third-order valence-corrected chi connectivity index (χ3v) is 3.67. The Morgan fingerprint density at radius 1 is 1.28 bits per heavy atom. The first-order valence-corrected chi connectivity index (χ1v) is 7.25. The Morgan fingerprint density at radius 3 is 2.64 bits per heavy atom. The van der Waals surface area contributed by atoms with Gasteiger partial charge in [0.2, 0.25) is 0 Å². The molecule has 7 nitrogen and oxygen atoms in total. The van der Waals surface area contributed by atoms with Gasteiger partial charge in [-0.3, -0.25) is 14.9 Å². The summed E-state index contributed by atoms with van der Waals surface area (Å²) in [5.41, 5.74) is 1.01. The zero-order valence-electron chi connectivity index (χ0n) is 13.1. The second-order valence-electron chi connectivity index (χ2n) is 5.18. The zero-order chi connectivity index (χ0) is 18.0. The Hall–Kier alpha value is -3.61. The van der Waals surface area contributed by atoms with Gasteiger partial charge in [0.15, 0.2) is 5.78 Å². The van der Waals surface area contributed by atoms with E-state index in [9.17, 15) is 20.0 Å². The van der Waals surface area contributed by atoms with Crippen LogP contribution in [0.1, 0.15) is 15.9 Å². The van der Waals surface area contributed by atoms with Crippen LogP contribution in [-0.2, 0) is 0 Å². The van der Waals surface area contributed by atoms with Crippen molar-refractivity contribution >= 4 is 28.5 Å². The lowest BCUT2D eigenvalue weighted by atomic mass is 10.0. The standard InChI is InChI=1S/C18H13NO6/c1-24-18-13-8-9-25-16(13)10-15(21)17(18)14(20)7-4-11-2-5-12(6-3-11)19(22)23/h2-10,21H,1H3/b7-4-. The van der Waals surface area contributed by atoms with E-state index in [2.05, 4.69) is 0 Å². The number of non-ortho nitro benzene ring substituents is 1. The number of carbonyl (C=O) groups is 1. The number of hydrogen-bond acceptors (Lipinski definition) is 6. The summed E-state index contributed by atoms with van der Waals surface area (Å²) in [6, 6.07) is 8.74. The SMILES string of the molecule is COc1c(C(=O)/C=C\c2ccc([N+](=O)[O-])cc2)c(O)cc2occc12. The third-order valence-electron chi connectivity index (χ3n) is 3.67. The highest BCUT2D eigenvalue weighted by molar-refractivity contribution is 6.13. The second-order valence-corrected chi connectivity index (χ2v) is 5.18. The molecule has 25 heavy (non-hydrogen) atoms. The molecule has 1 heterocycles. The van der Waals surface area contributed by atoms with Crippen LogP contribution in [0.3, 0.4) is 0 Å². The van der Waals surface area contributed by atoms with E-state index in [1.54, 1.807) is 6.07 Å². The van der Waals surface area contributed by atoms with Crippen LogP contribution in [0, 0.1) is 10.1 Å². The average molecular weight is 339 g/mol. The minimum absolute atomic E-state index is 0.0227. The monoisotopic (exact) mass is 339 g/mol. The maximum Gasteiger partial charge on any atom is 0.269 e. The Morgan fingerprint density at radius 2 is 2.00 bits per heavy atom. The predicted octanol–water partition coefficient (Wildman–Crippen LogP) is 3.95. The van der Waals surface area contributed by atoms with Crippen LogP contribution in [0.4, 0.5) is 5.69 Å². The third kappa shape index (κ3) is 3.07. The van der Waals surface area contributed by atoms with E-state index in [4.69, 9.17) is 9.15 Å². The number of furan rings is 1. The van der Waals surface area contributed by atoms with Gasteiger partial charge in [0.25, 0.3) is 5.69 Å². The van der Waals surface area contributed by atoms with E-state index < -0.39 is 10.7 Å². The fourth-order valence-electron chi connectivity index (χ4n) is 2.48. The number of hydrogen-bond donors (Lipinski definition) is 1. The molecule has 3 aromatic rings. The molecule has 0 bridgehead atoms. The van der Waals surface area contributed by atoms with Crippen LogP contribution < -0.4 is 4.74 Å². The molecule has 0 amide bonds. The Kier molecular flexibility index (Phi) is 4.21. The molecule has 2 aromatic carbocycles. The molecule has 126 valence electrons. The minimum Gasteiger partial charge on any atom is -0.507 e. The van der Waals surface area contributed by atoms with Crippen molar-refractivity contribution in [3.05, 3.63) is 70.0 Å². The Balaban J connectivity index is 1.94. The molecule has 3 rings (SSSR count). The van der Waals surface area contributed by atoms with Crippen molar-refractivity contribution in [1.82, 2.24) is 0 Å². The Labute approximate surface area is 141 Å². The number of phenols is 1. The van der Waals surface area contributed by atoms with Gasteiger partial charge in [-0.05, 0) is 29.8 Å². The highest BCUT2D eigenvalue weighted by atomic mass is 16.6. The zero-order valence-corrected chi connectivity index (χ0v) is 13.1. The van der Waals surface area contributed by atoms with E-state index in [-0.39, 0.29) is 22.7 Å². The first kappa shape index (κ1) is 16.3. The lowest BCUT2D eigenvalue weighted by Gasteiger charge is -2.09. The first-order chi connectivity index (χ1) is 12.0. The van der Waals surface area contributed by atoms with Gasteiger partial charge >= 0.3 is 0 Å². The van der Waals surface area contributed by atoms with E-state index in [0.717, 1.165) is 0 Å². The molecule has 0 aliphatic carbocycles. The molecule has 0 aliphatic heterocycles. The molecule has 7 heteroatoms. The molecule has 0 saturated heterocycles. The summed E-state index contributed by atoms with van der Waals surface area (Å²) in [6.07, 6.45) is 4.21. The number of fused-ring (bicyclic) bond motifs is 1. The van der Waals surface area contributed by atoms with Gasteiger partial charge in [0.05, 0.1) is 23.7 Å². The Bertz CT molecular complexity index is 985. The predicted molar refractivity (Wildman–Crippen MR) is 90.9 cm³/mol. The van der Waals surface area contributed by atoms with Crippen LogP contribution in [0.5, 0.6) is 11.5 Å². The number of methoxy groups -OCH3 is 1. The van der Waals surface area contributed by atoms with Gasteiger partial charge in [-0.15, -0.1) is 0 Å². The van der Waals surface area contributed by atoms with E-state index in [1.165, 1.54) is 55.9 Å². The average Bonchev–Trinajstić information content (AvgIpc) is 3.06. The largest absolute Gasteiger partial charge is 0.507 e. The van der Waals surface area contributed by atoms with Crippen LogP contribution >= 0.6 is 0 Å². The van der Waals surface area contributed by atoms with Gasteiger partial charge < -0.3 is 14.3 Å². The minimum atomic E-state index is -0.498. The molecule has 0 saturated carbocycles. The summed E-state index contributed by atoms with van der Waals surface area (Å²) < 4.78 is 10.5. The van der Waals surface area contributed by atoms with Crippen molar-refractivity contribution in [3.8, 4) is 11.5 Å². The summed E-state index contributed by atoms with van der Waals surface area (Å²) in [6.45, 7) is 0. The van der Waals surface area contributed by atoms with Crippen molar-refractivity contribution < 1.29 is 24.0 Å². The van der Waals surface area contributed by atoms with Crippen molar-refractivity contribution in [2.75, 3.05) is 7.11 Å². The van der Waals surface area contributed by atoms with E-state index in [1.807, 2.05) is 0 Å². The number of phenolic OH excluding ortho intramolecular Hbond substituents is 1. The topological polar surface area (TPSA) is 103 Å². The van der Waals surface area contributed by atoms with Crippen LogP contribution in [0.15, 0.2) is 53.2 Å². The van der Waals surface area contributed by atoms with Crippen LogP contribution in [0.2, 0.25) is 0 Å². The molecule has 0 radical (unpaired) electrons. The summed E-state index contributed by atoms with van der Waals surface area (Å²) in [5, 5.41) is 21.4. The van der Waals surface area contributed by atoms with Crippen LogP contribution in [0.25, 0.3) is 17.0 Å². The number of allylic oxidation sites excluding steroid dienone is 1. The van der Waals surface area contributed by atoms with E-state index >= 15 is 0 Å². The molecule has 1 aromatic heterocycles. The number of nitrogens with zero attached hydrogens (tertiary/aromatic N) is 1. The van der Waals surface area contributed by atoms with Gasteiger partial charge in [-0.2, -0.15) is 0 Å². The number of nitro benzene ring substituents is 1. The van der Waals surface area contributed by atoms with Crippen molar-refractivity contribution in [3.63, 3.8) is 0 Å². The quantitative estimate of drug-likeness (QED) is 0.327. The number of aromatic hydroxyl groups is 1. The highest BCUT2D eigenvalue weighted by Crippen LogP contribution is 2.37. The summed E-state index contributed by atoms with van der Waals surface area (Å²) in [5.74, 6) is -0.490. The number of ketones is 1. The number of benzene rings is 2. The molecule has 0 aliphatic rings. The first-order valence-electron chi connectivity index (χ1n) is 7.25. The van der Waals surface area contributed by atoms with Gasteiger partial charge in [-0.25, -0.2) is 0 Å². The molecular formula is C18H13NO6. The summed E-state index contributed by atoms with van der Waals surface area (Å²) >= 11 is 0. The van der Waals surface area contributed by atoms with Crippen molar-refractivity contribution in [2.45, 2.75) is 0 Å². The maximum atomic E-state index is 12.5. The van der Waals surface area contributed by atoms with Gasteiger partial charge in [-0.1, -0.05) is 6.08 Å². The van der Waals surface area contributed by atoms with Gasteiger partial charge in [0.1, 0.15) is 22.6 Å². The molecular weight excluding hydrogens is 326 g/mol. The normalized spacial score (nSPS) is 11.1. The second kappa shape index (κ2) is 6.48. The number of carbonyl (C=O) groups excluding carboxylic acids is 1. The lowest BCUT2D eigenvalue weighted by molar-refractivity contribution is -0.384. The number of rotatable bonds is 5. The molecule has 0 fully saturated rings. The number of ether oxygens (including phenoxy) is 1. The summed E-state index contributed by atoms with van der Waals surface area (Å²) in [7, 11) is 1.40. The van der Waals surface area contributed by atoms with Gasteiger partial charge in [0, 0.05) is 18.2 Å². The van der Waals surface area contributed by atoms with Crippen LogP contribution in [-0.4, -0.2) is 22.9 Å². The molecule has 0 spiro atoms. The summed E-state index contributed by atoms with van der Waals surface area (Å²) in [4.78, 5) is 22.6. The van der Waals surface area contributed by atoms with Crippen molar-refractivity contribution in [2.24, 2.45) is 0 Å². The number of nitro groups is 1. The molecule has 0 atom stereocenters. The maximum absolute atomic E-state index is 12.5. The fraction of sp³-hybridized carbons (Fsp3) is 0.0556. The molecule has 0 unspecified atom stereocenters. The smallest absolute Gasteiger partial charge is 0.269 e. The fourth-order valence-corrected chi connectivity index (χ4v) is 2.48.